The third-order valence-electron chi connectivity index (χ3n) is 2.47. The van der Waals surface area contributed by atoms with Crippen LogP contribution in [0.1, 0.15) is 41.5 Å². The van der Waals surface area contributed by atoms with Gasteiger partial charge in [0.25, 0.3) is 0 Å². The maximum atomic E-state index is 11.9. The molecule has 1 heterocycles. The lowest BCUT2D eigenvalue weighted by Gasteiger charge is -2.05. The molecule has 1 N–H and O–H groups in total. The van der Waals surface area contributed by atoms with Crippen LogP contribution in [0.4, 0.5) is 0 Å². The Kier molecular flexibility index (Phi) is 2.81. The van der Waals surface area contributed by atoms with Crippen LogP contribution in [0.3, 0.4) is 0 Å². The number of hydrogen-bond acceptors (Lipinski definition) is 3. The molecule has 2 rings (SSSR count). The Morgan fingerprint density at radius 3 is 2.44 bits per heavy atom. The van der Waals surface area contributed by atoms with Gasteiger partial charge in [-0.3, -0.25) is 9.89 Å². The molecular formula is C12H13N3O. The number of rotatable bonds is 3. The summed E-state index contributed by atoms with van der Waals surface area (Å²) in [6, 6.07) is 7.57. The summed E-state index contributed by atoms with van der Waals surface area (Å²) in [6.45, 7) is 4.24. The van der Waals surface area contributed by atoms with Gasteiger partial charge in [-0.05, 0) is 11.5 Å². The number of nitrogens with one attached hydrogen (secondary N) is 1. The quantitative estimate of drug-likeness (QED) is 0.798. The summed E-state index contributed by atoms with van der Waals surface area (Å²) in [4.78, 5) is 15.7. The van der Waals surface area contributed by atoms with Gasteiger partial charge in [-0.15, -0.1) is 0 Å². The fourth-order valence-corrected chi connectivity index (χ4v) is 1.47. The van der Waals surface area contributed by atoms with Crippen molar-refractivity contribution in [2.75, 3.05) is 0 Å². The lowest BCUT2D eigenvalue weighted by molar-refractivity contribution is 0.103. The molecule has 4 heteroatoms. The van der Waals surface area contributed by atoms with Crippen LogP contribution in [0.25, 0.3) is 0 Å². The number of ketones is 1. The molecule has 1 aromatic carbocycles. The molecule has 0 fully saturated rings. The summed E-state index contributed by atoms with van der Waals surface area (Å²) >= 11 is 0. The number of aromatic nitrogens is 3. The van der Waals surface area contributed by atoms with Crippen molar-refractivity contribution in [3.05, 3.63) is 47.5 Å². The van der Waals surface area contributed by atoms with E-state index in [9.17, 15) is 4.79 Å². The van der Waals surface area contributed by atoms with Crippen molar-refractivity contribution in [3.8, 4) is 0 Å². The molecule has 0 aliphatic carbocycles. The molecule has 0 atom stereocenters. The highest BCUT2D eigenvalue weighted by Crippen LogP contribution is 2.15. The summed E-state index contributed by atoms with van der Waals surface area (Å²) in [5, 5.41) is 6.22. The molecule has 0 spiro atoms. The Bertz CT molecular complexity index is 471. The van der Waals surface area contributed by atoms with Gasteiger partial charge in [0.1, 0.15) is 6.33 Å². The second kappa shape index (κ2) is 4.26. The topological polar surface area (TPSA) is 58.6 Å². The van der Waals surface area contributed by atoms with Gasteiger partial charge >= 0.3 is 0 Å². The Balaban J connectivity index is 2.25. The minimum atomic E-state index is -0.132. The van der Waals surface area contributed by atoms with Crippen molar-refractivity contribution < 1.29 is 4.79 Å². The predicted molar refractivity (Wildman–Crippen MR) is 60.3 cm³/mol. The molecule has 16 heavy (non-hydrogen) atoms. The zero-order valence-corrected chi connectivity index (χ0v) is 9.27. The van der Waals surface area contributed by atoms with Gasteiger partial charge in [0, 0.05) is 5.56 Å². The number of hydrogen-bond donors (Lipinski definition) is 1. The number of nitrogens with zero attached hydrogens (tertiary/aromatic N) is 2. The van der Waals surface area contributed by atoms with Crippen LogP contribution in [0, 0.1) is 0 Å². The Morgan fingerprint density at radius 2 is 1.94 bits per heavy atom. The molecule has 0 amide bonds. The minimum absolute atomic E-state index is 0.132. The SMILES string of the molecule is CC(C)c1ccc(C(=O)c2ncn[nH]2)cc1. The first-order chi connectivity index (χ1) is 7.68. The van der Waals surface area contributed by atoms with E-state index in [0.717, 1.165) is 0 Å². The van der Waals surface area contributed by atoms with E-state index in [1.165, 1.54) is 11.9 Å². The lowest BCUT2D eigenvalue weighted by atomic mass is 10.0. The van der Waals surface area contributed by atoms with Crippen molar-refractivity contribution in [1.29, 1.82) is 0 Å². The first kappa shape index (κ1) is 10.5. The van der Waals surface area contributed by atoms with Gasteiger partial charge < -0.3 is 0 Å². The van der Waals surface area contributed by atoms with E-state index in [0.29, 0.717) is 11.5 Å². The summed E-state index contributed by atoms with van der Waals surface area (Å²) in [6.07, 6.45) is 1.33. The average molecular weight is 215 g/mol. The molecule has 82 valence electrons. The maximum Gasteiger partial charge on any atom is 0.229 e. The summed E-state index contributed by atoms with van der Waals surface area (Å²) in [5.74, 6) is 0.611. The Labute approximate surface area is 93.7 Å². The zero-order chi connectivity index (χ0) is 11.5. The van der Waals surface area contributed by atoms with Crippen LogP contribution in [-0.2, 0) is 0 Å². The van der Waals surface area contributed by atoms with Crippen LogP contribution in [0.5, 0.6) is 0 Å². The standard InChI is InChI=1S/C12H13N3O/c1-8(2)9-3-5-10(6-4-9)11(16)12-13-7-14-15-12/h3-8H,1-2H3,(H,13,14,15). The van der Waals surface area contributed by atoms with Crippen LogP contribution >= 0.6 is 0 Å². The van der Waals surface area contributed by atoms with Crippen molar-refractivity contribution in [2.45, 2.75) is 19.8 Å². The number of benzene rings is 1. The van der Waals surface area contributed by atoms with E-state index in [1.807, 2.05) is 24.3 Å². The van der Waals surface area contributed by atoms with E-state index < -0.39 is 0 Å². The zero-order valence-electron chi connectivity index (χ0n) is 9.27. The van der Waals surface area contributed by atoms with Gasteiger partial charge in [-0.2, -0.15) is 5.10 Å². The third-order valence-corrected chi connectivity index (χ3v) is 2.47. The van der Waals surface area contributed by atoms with E-state index in [1.54, 1.807) is 0 Å². The first-order valence-corrected chi connectivity index (χ1v) is 5.18. The predicted octanol–water partition coefficient (Wildman–Crippen LogP) is 2.16. The van der Waals surface area contributed by atoms with Gasteiger partial charge in [0.15, 0.2) is 5.82 Å². The number of carbonyl (C=O) groups is 1. The van der Waals surface area contributed by atoms with Crippen LogP contribution in [-0.4, -0.2) is 21.0 Å². The van der Waals surface area contributed by atoms with Gasteiger partial charge in [0.05, 0.1) is 0 Å². The van der Waals surface area contributed by atoms with Crippen LogP contribution < -0.4 is 0 Å². The molecule has 0 unspecified atom stereocenters. The monoisotopic (exact) mass is 215 g/mol. The van der Waals surface area contributed by atoms with E-state index in [-0.39, 0.29) is 11.6 Å². The molecule has 0 aliphatic rings. The minimum Gasteiger partial charge on any atom is -0.285 e. The van der Waals surface area contributed by atoms with Gasteiger partial charge in [0.2, 0.25) is 5.78 Å². The number of H-pyrrole nitrogens is 1. The largest absolute Gasteiger partial charge is 0.285 e. The highest BCUT2D eigenvalue weighted by Gasteiger charge is 2.11. The summed E-state index contributed by atoms with van der Waals surface area (Å²) < 4.78 is 0. The first-order valence-electron chi connectivity index (χ1n) is 5.18. The van der Waals surface area contributed by atoms with Gasteiger partial charge in [-0.25, -0.2) is 4.98 Å². The molecule has 0 aliphatic heterocycles. The van der Waals surface area contributed by atoms with Crippen molar-refractivity contribution >= 4 is 5.78 Å². The summed E-state index contributed by atoms with van der Waals surface area (Å²) in [7, 11) is 0. The highest BCUT2D eigenvalue weighted by molar-refractivity contribution is 6.06. The van der Waals surface area contributed by atoms with Crippen LogP contribution in [0.2, 0.25) is 0 Å². The maximum absolute atomic E-state index is 11.9. The second-order valence-electron chi connectivity index (χ2n) is 3.94. The van der Waals surface area contributed by atoms with Crippen LogP contribution in [0.15, 0.2) is 30.6 Å². The molecular weight excluding hydrogens is 202 g/mol. The molecule has 4 nitrogen and oxygen atoms in total. The molecule has 2 aromatic rings. The Morgan fingerprint density at radius 1 is 1.25 bits per heavy atom. The van der Waals surface area contributed by atoms with Crippen molar-refractivity contribution in [3.63, 3.8) is 0 Å². The number of aromatic amines is 1. The smallest absolute Gasteiger partial charge is 0.229 e. The normalized spacial score (nSPS) is 10.7. The number of carbonyl (C=O) groups excluding carboxylic acids is 1. The molecule has 0 bridgehead atoms. The van der Waals surface area contributed by atoms with Gasteiger partial charge in [-0.1, -0.05) is 38.1 Å². The second-order valence-corrected chi connectivity index (χ2v) is 3.94. The molecule has 1 aromatic heterocycles. The van der Waals surface area contributed by atoms with E-state index in [2.05, 4.69) is 29.0 Å². The average Bonchev–Trinajstić information content (AvgIpc) is 2.81. The lowest BCUT2D eigenvalue weighted by Crippen LogP contribution is -2.04. The summed E-state index contributed by atoms with van der Waals surface area (Å²) in [5.41, 5.74) is 1.84. The third kappa shape index (κ3) is 2.00. The van der Waals surface area contributed by atoms with Crippen molar-refractivity contribution in [1.82, 2.24) is 15.2 Å². The fraction of sp³-hybridized carbons (Fsp3) is 0.250. The van der Waals surface area contributed by atoms with E-state index >= 15 is 0 Å². The Hall–Kier alpha value is -1.97. The molecule has 0 saturated carbocycles. The highest BCUT2D eigenvalue weighted by atomic mass is 16.1. The molecule has 0 saturated heterocycles. The molecule has 0 radical (unpaired) electrons. The van der Waals surface area contributed by atoms with E-state index in [4.69, 9.17) is 0 Å². The van der Waals surface area contributed by atoms with Crippen molar-refractivity contribution in [2.24, 2.45) is 0 Å². The fourth-order valence-electron chi connectivity index (χ4n) is 1.47.